The summed E-state index contributed by atoms with van der Waals surface area (Å²) in [4.78, 5) is 14.1. The molecule has 2 unspecified atom stereocenters. The summed E-state index contributed by atoms with van der Waals surface area (Å²) in [6.07, 6.45) is 0.675. The van der Waals surface area contributed by atoms with Gasteiger partial charge in [-0.1, -0.05) is 112 Å². The van der Waals surface area contributed by atoms with Crippen LogP contribution in [0.2, 0.25) is 5.04 Å². The average molecular weight is 518 g/mol. The third-order valence-corrected chi connectivity index (χ3v) is 12.7. The molecular weight excluding hydrogens is 478 g/mol. The first-order valence-electron chi connectivity index (χ1n) is 13.2. The SMILES string of the molecule is CC(C)(C)[Si](OC[C@H](CC1CC1CO)N(Cc1ccccc1)C(=O)O)(c1ccccc1)c1ccccc1. The molecule has 37 heavy (non-hydrogen) atoms. The molecule has 0 heterocycles. The Morgan fingerprint density at radius 1 is 0.919 bits per heavy atom. The van der Waals surface area contributed by atoms with E-state index < -0.39 is 14.4 Å². The smallest absolute Gasteiger partial charge is 0.407 e. The first kappa shape index (κ1) is 27.1. The third kappa shape index (κ3) is 6.14. The first-order valence-corrected chi connectivity index (χ1v) is 15.1. The van der Waals surface area contributed by atoms with Crippen molar-refractivity contribution in [3.8, 4) is 0 Å². The standard InChI is InChI=1S/C31H39NO4Si/c1-31(2,3)37(28-15-9-5-10-16-28,29-17-11-6-12-18-29)36-23-27(20-25-19-26(25)22-33)32(30(34)35)21-24-13-7-4-8-14-24/h4-18,25-27,33H,19-23H2,1-3H3,(H,34,35)/t25?,26?,27-/m0/s1. The summed E-state index contributed by atoms with van der Waals surface area (Å²) in [5, 5.41) is 22.2. The number of carboxylic acid groups (broad SMARTS) is 1. The highest BCUT2D eigenvalue weighted by molar-refractivity contribution is 6.99. The molecule has 1 saturated carbocycles. The summed E-state index contributed by atoms with van der Waals surface area (Å²) in [6.45, 7) is 7.46. The van der Waals surface area contributed by atoms with Gasteiger partial charge in [0.25, 0.3) is 8.32 Å². The Morgan fingerprint density at radius 2 is 1.43 bits per heavy atom. The second-order valence-corrected chi connectivity index (χ2v) is 15.5. The van der Waals surface area contributed by atoms with E-state index in [1.807, 2.05) is 42.5 Å². The van der Waals surface area contributed by atoms with Gasteiger partial charge in [-0.25, -0.2) is 4.79 Å². The van der Waals surface area contributed by atoms with Gasteiger partial charge in [-0.05, 0) is 45.7 Å². The highest BCUT2D eigenvalue weighted by Crippen LogP contribution is 2.43. The lowest BCUT2D eigenvalue weighted by molar-refractivity contribution is 0.0895. The molecule has 1 fully saturated rings. The number of benzene rings is 3. The Labute approximate surface area is 221 Å². The van der Waals surface area contributed by atoms with E-state index in [9.17, 15) is 15.0 Å². The largest absolute Gasteiger partial charge is 0.465 e. The van der Waals surface area contributed by atoms with Gasteiger partial charge in [0.05, 0.1) is 12.6 Å². The summed E-state index contributed by atoms with van der Waals surface area (Å²) in [5.74, 6) is 0.568. The fraction of sp³-hybridized carbons (Fsp3) is 0.387. The molecule has 3 aromatic carbocycles. The minimum atomic E-state index is -2.81. The van der Waals surface area contributed by atoms with Gasteiger partial charge >= 0.3 is 6.09 Å². The van der Waals surface area contributed by atoms with Crippen molar-refractivity contribution in [1.29, 1.82) is 0 Å². The zero-order valence-corrected chi connectivity index (χ0v) is 23.1. The molecule has 1 amide bonds. The number of hydrogen-bond acceptors (Lipinski definition) is 3. The van der Waals surface area contributed by atoms with Crippen molar-refractivity contribution >= 4 is 24.8 Å². The van der Waals surface area contributed by atoms with Crippen LogP contribution in [0.25, 0.3) is 0 Å². The number of aliphatic hydroxyl groups is 1. The number of nitrogens with zero attached hydrogens (tertiary/aromatic N) is 1. The molecule has 0 aliphatic heterocycles. The molecular formula is C31H39NO4Si. The normalized spacial score (nSPS) is 18.3. The van der Waals surface area contributed by atoms with Gasteiger partial charge in [-0.2, -0.15) is 0 Å². The lowest BCUT2D eigenvalue weighted by Gasteiger charge is -2.44. The molecule has 4 rings (SSSR count). The molecule has 3 atom stereocenters. The predicted octanol–water partition coefficient (Wildman–Crippen LogP) is 5.13. The van der Waals surface area contributed by atoms with Crippen molar-refractivity contribution in [2.75, 3.05) is 13.2 Å². The number of aliphatic hydroxyl groups excluding tert-OH is 1. The van der Waals surface area contributed by atoms with E-state index in [1.165, 1.54) is 10.4 Å². The third-order valence-electron chi connectivity index (χ3n) is 7.67. The Morgan fingerprint density at radius 3 is 1.86 bits per heavy atom. The van der Waals surface area contributed by atoms with Crippen LogP contribution in [0, 0.1) is 11.8 Å². The quantitative estimate of drug-likeness (QED) is 0.346. The molecule has 0 bridgehead atoms. The maximum absolute atomic E-state index is 12.6. The van der Waals surface area contributed by atoms with E-state index in [0.717, 1.165) is 12.0 Å². The molecule has 0 saturated heterocycles. The molecule has 0 spiro atoms. The minimum absolute atomic E-state index is 0.151. The van der Waals surface area contributed by atoms with Crippen molar-refractivity contribution in [1.82, 2.24) is 4.90 Å². The maximum atomic E-state index is 12.6. The Balaban J connectivity index is 1.72. The molecule has 5 nitrogen and oxygen atoms in total. The number of carbonyl (C=O) groups is 1. The zero-order valence-electron chi connectivity index (χ0n) is 22.1. The second-order valence-electron chi connectivity index (χ2n) is 11.2. The van der Waals surface area contributed by atoms with Crippen LogP contribution in [0.15, 0.2) is 91.0 Å². The van der Waals surface area contributed by atoms with Crippen molar-refractivity contribution in [2.24, 2.45) is 11.8 Å². The lowest BCUT2D eigenvalue weighted by Crippen LogP contribution is -2.67. The van der Waals surface area contributed by atoms with Crippen molar-refractivity contribution in [3.05, 3.63) is 96.6 Å². The van der Waals surface area contributed by atoms with E-state index >= 15 is 0 Å². The van der Waals surface area contributed by atoms with Crippen molar-refractivity contribution in [2.45, 2.75) is 51.2 Å². The van der Waals surface area contributed by atoms with Crippen LogP contribution in [0.4, 0.5) is 4.79 Å². The second kappa shape index (κ2) is 11.6. The zero-order chi connectivity index (χ0) is 26.5. The van der Waals surface area contributed by atoms with Gasteiger partial charge in [0.2, 0.25) is 0 Å². The number of rotatable bonds is 11. The van der Waals surface area contributed by atoms with E-state index in [2.05, 4.69) is 69.3 Å². The molecule has 1 aliphatic rings. The summed E-state index contributed by atoms with van der Waals surface area (Å²) >= 11 is 0. The summed E-state index contributed by atoms with van der Waals surface area (Å²) in [6, 6.07) is 30.3. The van der Waals surface area contributed by atoms with Crippen molar-refractivity contribution < 1.29 is 19.4 Å². The van der Waals surface area contributed by atoms with E-state index in [1.54, 1.807) is 4.90 Å². The van der Waals surface area contributed by atoms with Gasteiger partial charge in [0, 0.05) is 13.2 Å². The monoisotopic (exact) mass is 517 g/mol. The van der Waals surface area contributed by atoms with Crippen molar-refractivity contribution in [3.63, 3.8) is 0 Å². The van der Waals surface area contributed by atoms with Gasteiger partial charge in [0.1, 0.15) is 0 Å². The van der Waals surface area contributed by atoms with Crippen LogP contribution in [-0.4, -0.2) is 48.8 Å². The van der Waals surface area contributed by atoms with Crippen LogP contribution in [0.3, 0.4) is 0 Å². The lowest BCUT2D eigenvalue weighted by atomic mass is 10.1. The van der Waals surface area contributed by atoms with Crippen LogP contribution in [0.1, 0.15) is 39.2 Å². The van der Waals surface area contributed by atoms with Gasteiger partial charge < -0.3 is 14.6 Å². The molecule has 196 valence electrons. The summed E-state index contributed by atoms with van der Waals surface area (Å²) < 4.78 is 7.17. The highest BCUT2D eigenvalue weighted by Gasteiger charge is 2.51. The fourth-order valence-corrected chi connectivity index (χ4v) is 10.2. The fourth-order valence-electron chi connectivity index (χ4n) is 5.57. The van der Waals surface area contributed by atoms with Crippen LogP contribution >= 0.6 is 0 Å². The molecule has 0 radical (unpaired) electrons. The Hall–Kier alpha value is -2.93. The summed E-state index contributed by atoms with van der Waals surface area (Å²) in [5.41, 5.74) is 0.954. The maximum Gasteiger partial charge on any atom is 0.407 e. The summed E-state index contributed by atoms with van der Waals surface area (Å²) in [7, 11) is -2.81. The number of hydrogen-bond donors (Lipinski definition) is 2. The molecule has 2 N–H and O–H groups in total. The predicted molar refractivity (Wildman–Crippen MR) is 151 cm³/mol. The Kier molecular flexibility index (Phi) is 8.52. The van der Waals surface area contributed by atoms with E-state index in [-0.39, 0.29) is 23.6 Å². The van der Waals surface area contributed by atoms with Gasteiger partial charge in [-0.3, -0.25) is 4.90 Å². The van der Waals surface area contributed by atoms with Crippen LogP contribution < -0.4 is 10.4 Å². The number of amides is 1. The van der Waals surface area contributed by atoms with E-state index in [4.69, 9.17) is 4.43 Å². The molecule has 6 heteroatoms. The van der Waals surface area contributed by atoms with Gasteiger partial charge in [0.15, 0.2) is 0 Å². The average Bonchev–Trinajstić information content (AvgIpc) is 3.66. The van der Waals surface area contributed by atoms with Gasteiger partial charge in [-0.15, -0.1) is 0 Å². The molecule has 0 aromatic heterocycles. The van der Waals surface area contributed by atoms with E-state index in [0.29, 0.717) is 25.5 Å². The minimum Gasteiger partial charge on any atom is -0.465 e. The first-order chi connectivity index (χ1) is 17.8. The van der Waals surface area contributed by atoms with Crippen LogP contribution in [0.5, 0.6) is 0 Å². The molecule has 1 aliphatic carbocycles. The topological polar surface area (TPSA) is 70.0 Å². The highest BCUT2D eigenvalue weighted by atomic mass is 28.4. The Bertz CT molecular complexity index is 1090. The van der Waals surface area contributed by atoms with Crippen LogP contribution in [-0.2, 0) is 11.0 Å². The molecule has 3 aromatic rings.